The zero-order chi connectivity index (χ0) is 63.6. The van der Waals surface area contributed by atoms with Crippen molar-refractivity contribution in [1.29, 1.82) is 15.8 Å². The van der Waals surface area contributed by atoms with Crippen LogP contribution in [0.15, 0.2) is 185 Å². The molecule has 13 nitrogen and oxygen atoms in total. The smallest absolute Gasteiger partial charge is 0.292 e. The largest absolute Gasteiger partial charge is 0.508 e. The van der Waals surface area contributed by atoms with Gasteiger partial charge in [0.1, 0.15) is 49.2 Å². The van der Waals surface area contributed by atoms with Crippen LogP contribution in [0.2, 0.25) is 0 Å². The first-order valence-corrected chi connectivity index (χ1v) is 28.1. The minimum absolute atomic E-state index is 0. The first-order valence-electron chi connectivity index (χ1n) is 22.8. The minimum Gasteiger partial charge on any atom is -0.508 e. The molecule has 0 spiro atoms. The van der Waals surface area contributed by atoms with Crippen molar-refractivity contribution >= 4 is 180 Å². The van der Waals surface area contributed by atoms with E-state index >= 15 is 0 Å². The first kappa shape index (κ1) is 82.8. The number of ether oxygens (including phenoxy) is 3. The number of aldehydes is 1. The maximum atomic E-state index is 9.43. The minimum atomic E-state index is -1.74. The van der Waals surface area contributed by atoms with Crippen molar-refractivity contribution in [2.24, 2.45) is 0 Å². The Hall–Kier alpha value is -5.26. The normalized spacial score (nSPS) is 10.3. The molecule has 7 aromatic rings. The van der Waals surface area contributed by atoms with Crippen molar-refractivity contribution in [2.45, 2.75) is 45.4 Å². The molecule has 1 atom stereocenters. The van der Waals surface area contributed by atoms with Gasteiger partial charge in [-0.1, -0.05) is 257 Å². The first-order chi connectivity index (χ1) is 39.5. The molecule has 0 amide bonds. The highest BCUT2D eigenvalue weighted by molar-refractivity contribution is 6.74. The van der Waals surface area contributed by atoms with E-state index in [0.717, 1.165) is 33.4 Å². The molecule has 7 rings (SSSR count). The number of benzene rings is 7. The quantitative estimate of drug-likeness (QED) is 0.0324. The van der Waals surface area contributed by atoms with E-state index in [1.54, 1.807) is 189 Å². The third-order valence-electron chi connectivity index (χ3n) is 9.58. The van der Waals surface area contributed by atoms with Gasteiger partial charge in [-0.3, -0.25) is 4.79 Å². The summed E-state index contributed by atoms with van der Waals surface area (Å²) in [5.41, 5.74) is 7.14. The molecule has 460 valence electrons. The van der Waals surface area contributed by atoms with Crippen LogP contribution in [0.5, 0.6) is 40.2 Å². The van der Waals surface area contributed by atoms with Gasteiger partial charge in [0.25, 0.3) is 12.5 Å². The van der Waals surface area contributed by atoms with Gasteiger partial charge in [-0.25, -0.2) is 0 Å². The number of phenols is 5. The lowest BCUT2D eigenvalue weighted by Gasteiger charge is -2.25. The zero-order valence-electron chi connectivity index (χ0n) is 42.6. The standard InChI is InChI=1S/C16H8Cl2N2O2.C14H11Cl3O2.C14H10Cl2O2.C6H6O.C4H7Cl3O2.C2HCl3O.CClN.2CH4/c17-16(18)15(11-1-5-13(6-2-11)21-9-19)12-3-7-14(8-4-12)22-10-20;15-14(16,17)13(9-1-5-11(18)6-2-9)10-3-7-12(19)8-4-10;15-14(16)13(9-1-5-11(17)6-2-9)10-3-7-12(18)8-4-10;7-6-4-2-1-3-5-6;1-2-9-3(8)4(5,6)7;3-2(4,5)1-6;2-1-3;;/h1-8H;1-8,13,18-19H;1-8,17-18H;1-5,7H;3,8H,2H2,1H3;1H;;2*1H4. The summed E-state index contributed by atoms with van der Waals surface area (Å²) in [6, 6.07) is 48.4. The summed E-state index contributed by atoms with van der Waals surface area (Å²) in [4.78, 5) is 9.43. The van der Waals surface area contributed by atoms with Gasteiger partial charge in [-0.05, 0) is 125 Å². The number of aliphatic hydroxyl groups is 1. The average molecular weight is 1460 g/mol. The lowest BCUT2D eigenvalue weighted by molar-refractivity contribution is -0.107. The van der Waals surface area contributed by atoms with Crippen molar-refractivity contribution in [3.63, 3.8) is 0 Å². The summed E-state index contributed by atoms with van der Waals surface area (Å²) in [6.45, 7) is 2.01. The molecule has 0 radical (unpaired) electrons. The molecule has 86 heavy (non-hydrogen) atoms. The van der Waals surface area contributed by atoms with Crippen molar-refractivity contribution in [2.75, 3.05) is 6.61 Å². The number of para-hydroxylation sites is 1. The van der Waals surface area contributed by atoms with E-state index in [1.165, 1.54) is 5.53 Å². The number of nitrogens with zero attached hydrogens (tertiary/aromatic N) is 3. The lowest BCUT2D eigenvalue weighted by atomic mass is 9.92. The Balaban J connectivity index is 0. The number of hydrogen-bond donors (Lipinski definition) is 6. The number of phenolic OH excluding ortho intramolecular Hbond substituents is 5. The van der Waals surface area contributed by atoms with Gasteiger partial charge < -0.3 is 44.8 Å². The van der Waals surface area contributed by atoms with Crippen LogP contribution in [-0.2, 0) is 9.53 Å². The maximum Gasteiger partial charge on any atom is 0.292 e. The van der Waals surface area contributed by atoms with Crippen LogP contribution in [0.25, 0.3) is 11.1 Å². The van der Waals surface area contributed by atoms with Gasteiger partial charge in [0.2, 0.25) is 17.7 Å². The van der Waals surface area contributed by atoms with E-state index in [4.69, 9.17) is 186 Å². The third-order valence-corrected chi connectivity index (χ3v) is 11.8. The van der Waals surface area contributed by atoms with Crippen LogP contribution in [0.3, 0.4) is 0 Å². The van der Waals surface area contributed by atoms with E-state index < -0.39 is 23.6 Å². The molecule has 0 aliphatic rings. The predicted octanol–water partition coefficient (Wildman–Crippen LogP) is 20.1. The molecule has 0 bridgehead atoms. The SMILES string of the molecule is C.C.CCOC(O)C(Cl)(Cl)Cl.N#CCl.N#COc1ccc(C(=C(Cl)Cl)c2ccc(OC#N)cc2)cc1.O=CC(Cl)(Cl)Cl.Oc1ccc(C(=C(Cl)Cl)c2ccc(O)cc2)cc1.Oc1ccc(C(c2ccc(O)cc2)C(Cl)(Cl)Cl)cc1.Oc1ccccc1. The molecule has 6 N–H and O–H groups in total. The summed E-state index contributed by atoms with van der Waals surface area (Å²) in [6.07, 6.45) is 2.10. The highest BCUT2D eigenvalue weighted by Gasteiger charge is 2.35. The molecule has 1 unspecified atom stereocenters. The zero-order valence-corrected chi connectivity index (χ0v) is 53.2. The van der Waals surface area contributed by atoms with Crippen LogP contribution in [-0.4, -0.2) is 61.2 Å². The van der Waals surface area contributed by atoms with E-state index in [9.17, 15) is 25.2 Å². The fraction of sp³-hybridized carbons (Fsp3) is 0.153. The van der Waals surface area contributed by atoms with Crippen molar-refractivity contribution in [3.8, 4) is 58.3 Å². The Bertz CT molecular complexity index is 3080. The number of aromatic hydroxyl groups is 5. The summed E-state index contributed by atoms with van der Waals surface area (Å²) >= 11 is 76.6. The van der Waals surface area contributed by atoms with Crippen LogP contribution in [0.4, 0.5) is 0 Å². The number of nitriles is 3. The van der Waals surface area contributed by atoms with Gasteiger partial charge in [0, 0.05) is 29.4 Å². The number of carbonyl (C=O) groups excluding carboxylic acids is 1. The van der Waals surface area contributed by atoms with Crippen LogP contribution in [0, 0.1) is 33.8 Å². The third kappa shape index (κ3) is 33.8. The van der Waals surface area contributed by atoms with Crippen LogP contribution < -0.4 is 9.47 Å². The molecule has 0 saturated carbocycles. The molecule has 0 aromatic heterocycles. The number of halogens is 14. The summed E-state index contributed by atoms with van der Waals surface area (Å²) in [5, 5.41) is 78.6. The second kappa shape index (κ2) is 43.4. The van der Waals surface area contributed by atoms with Crippen molar-refractivity contribution in [1.82, 2.24) is 0 Å². The topological polar surface area (TPSA) is 238 Å². The predicted molar refractivity (Wildman–Crippen MR) is 353 cm³/mol. The molecule has 0 heterocycles. The van der Waals surface area contributed by atoms with E-state index in [1.807, 2.05) is 6.07 Å². The Kier molecular flexibility index (Phi) is 41.8. The number of alkyl halides is 9. The van der Waals surface area contributed by atoms with Crippen LogP contribution >= 0.6 is 162 Å². The Morgan fingerprint density at radius 2 is 0.733 bits per heavy atom. The molecule has 7 aromatic carbocycles. The monoisotopic (exact) mass is 1450 g/mol. The molecule has 0 aliphatic carbocycles. The second-order valence-electron chi connectivity index (χ2n) is 15.4. The Morgan fingerprint density at radius 1 is 0.477 bits per heavy atom. The van der Waals surface area contributed by atoms with Gasteiger partial charge in [0.15, 0.2) is 11.8 Å². The number of aliphatic hydroxyl groups excluding tert-OH is 1. The molecular formula is C59H51Cl14N3O10. The summed E-state index contributed by atoms with van der Waals surface area (Å²) in [5.74, 6) is 1.34. The Labute approximate surface area is 568 Å². The highest BCUT2D eigenvalue weighted by atomic mass is 35.6. The fourth-order valence-electron chi connectivity index (χ4n) is 6.09. The molecule has 0 fully saturated rings. The summed E-state index contributed by atoms with van der Waals surface area (Å²) in [7, 11) is 0. The Morgan fingerprint density at radius 3 is 0.919 bits per heavy atom. The number of rotatable bonds is 10. The van der Waals surface area contributed by atoms with Gasteiger partial charge in [-0.2, -0.15) is 5.26 Å². The van der Waals surface area contributed by atoms with Gasteiger partial charge in [0.05, 0.1) is 5.92 Å². The van der Waals surface area contributed by atoms with Crippen molar-refractivity contribution in [3.05, 3.63) is 218 Å². The molecular weight excluding hydrogens is 1410 g/mol. The van der Waals surface area contributed by atoms with Gasteiger partial charge in [-0.15, -0.1) is 10.5 Å². The average Bonchev–Trinajstić information content (AvgIpc) is 3.26. The second-order valence-corrected chi connectivity index (χ2v) is 24.6. The van der Waals surface area contributed by atoms with Gasteiger partial charge >= 0.3 is 0 Å². The van der Waals surface area contributed by atoms with E-state index in [2.05, 4.69) is 16.3 Å². The van der Waals surface area contributed by atoms with E-state index in [0.29, 0.717) is 35.0 Å². The number of hydrogen-bond acceptors (Lipinski definition) is 13. The number of carbonyl (C=O) groups is 1. The fourth-order valence-corrected chi connectivity index (χ4v) is 7.91. The molecule has 27 heteroatoms. The maximum absolute atomic E-state index is 9.43. The molecule has 0 saturated heterocycles. The lowest BCUT2D eigenvalue weighted by Crippen LogP contribution is -2.27. The van der Waals surface area contributed by atoms with E-state index in [-0.39, 0.29) is 53.1 Å². The molecule has 0 aliphatic heterocycles. The van der Waals surface area contributed by atoms with Crippen molar-refractivity contribution < 1.29 is 49.6 Å². The van der Waals surface area contributed by atoms with Crippen LogP contribution in [0.1, 0.15) is 61.1 Å². The summed E-state index contributed by atoms with van der Waals surface area (Å²) < 4.78 is 9.25. The highest BCUT2D eigenvalue weighted by Crippen LogP contribution is 2.46.